The van der Waals surface area contributed by atoms with Crippen LogP contribution in [0.1, 0.15) is 46.8 Å². The first kappa shape index (κ1) is 28.3. The molecule has 4 aromatic rings. The van der Waals surface area contributed by atoms with Gasteiger partial charge in [0.25, 0.3) is 0 Å². The van der Waals surface area contributed by atoms with E-state index < -0.39 is 27.7 Å². The quantitative estimate of drug-likeness (QED) is 0.192. The summed E-state index contributed by atoms with van der Waals surface area (Å²) in [6.45, 7) is 5.51. The molecule has 0 bridgehead atoms. The number of ether oxygens (including phenoxy) is 1. The number of rotatable bonds is 6. The molecule has 1 heterocycles. The minimum absolute atomic E-state index is 0.0278. The third-order valence-corrected chi connectivity index (χ3v) is 8.19. The van der Waals surface area contributed by atoms with E-state index in [1.165, 1.54) is 44.6 Å². The number of fused-ring (bicyclic) bond motifs is 1. The number of nitrogens with zero attached hydrogens (tertiary/aromatic N) is 2. The van der Waals surface area contributed by atoms with Gasteiger partial charge in [0.05, 0.1) is 21.5 Å². The second-order valence-corrected chi connectivity index (χ2v) is 11.8. The number of aryl methyl sites for hydroxylation is 1. The van der Waals surface area contributed by atoms with Crippen molar-refractivity contribution in [2.75, 3.05) is 14.1 Å². The molecule has 0 aliphatic carbocycles. The first-order chi connectivity index (χ1) is 18.2. The smallest absolute Gasteiger partial charge is 0.418 e. The molecule has 0 spiro atoms. The number of carbonyl (C=O) groups excluding carboxylic acids is 1. The average Bonchev–Trinajstić information content (AvgIpc) is 2.88. The number of alkyl halides is 3. The number of sulfonamides is 1. The fourth-order valence-electron chi connectivity index (χ4n) is 4.25. The van der Waals surface area contributed by atoms with E-state index in [0.717, 1.165) is 15.9 Å². The predicted octanol–water partition coefficient (Wildman–Crippen LogP) is 6.82. The largest absolute Gasteiger partial charge is 0.423 e. The molecule has 204 valence electrons. The lowest BCUT2D eigenvalue weighted by molar-refractivity contribution is -0.136. The highest BCUT2D eigenvalue weighted by molar-refractivity contribution is 7.89. The Morgan fingerprint density at radius 3 is 2.33 bits per heavy atom. The number of aromatic nitrogens is 1. The van der Waals surface area contributed by atoms with Gasteiger partial charge in [-0.05, 0) is 59.4 Å². The van der Waals surface area contributed by atoms with Crippen molar-refractivity contribution < 1.29 is 31.1 Å². The van der Waals surface area contributed by atoms with E-state index in [1.807, 2.05) is 13.8 Å². The summed E-state index contributed by atoms with van der Waals surface area (Å²) in [7, 11) is -0.949. The van der Waals surface area contributed by atoms with Crippen molar-refractivity contribution in [1.29, 1.82) is 0 Å². The van der Waals surface area contributed by atoms with Crippen LogP contribution in [0.4, 0.5) is 13.2 Å². The van der Waals surface area contributed by atoms with Gasteiger partial charge in [0, 0.05) is 31.7 Å². The molecule has 3 aromatic carbocycles. The van der Waals surface area contributed by atoms with Gasteiger partial charge in [-0.25, -0.2) is 17.5 Å². The number of halogens is 3. The number of hydrogen-bond acceptors (Lipinski definition) is 5. The zero-order chi connectivity index (χ0) is 28.7. The van der Waals surface area contributed by atoms with Crippen LogP contribution in [0.15, 0.2) is 71.8 Å². The number of esters is 1. The molecule has 10 heteroatoms. The first-order valence-corrected chi connectivity index (χ1v) is 13.5. The topological polar surface area (TPSA) is 76.6 Å². The van der Waals surface area contributed by atoms with E-state index in [1.54, 1.807) is 37.3 Å². The zero-order valence-electron chi connectivity index (χ0n) is 22.0. The van der Waals surface area contributed by atoms with Gasteiger partial charge in [-0.2, -0.15) is 13.2 Å². The van der Waals surface area contributed by atoms with Crippen molar-refractivity contribution in [3.8, 4) is 16.9 Å². The molecule has 0 unspecified atom stereocenters. The molecule has 0 amide bonds. The third kappa shape index (κ3) is 5.53. The summed E-state index contributed by atoms with van der Waals surface area (Å²) in [6.07, 6.45) is -3.14. The lowest BCUT2D eigenvalue weighted by Crippen LogP contribution is -2.22. The van der Waals surface area contributed by atoms with E-state index >= 15 is 0 Å². The Hall–Kier alpha value is -3.76. The van der Waals surface area contributed by atoms with Crippen molar-refractivity contribution in [1.82, 2.24) is 9.29 Å². The van der Waals surface area contributed by atoms with Crippen LogP contribution in [0.25, 0.3) is 22.0 Å². The van der Waals surface area contributed by atoms with Crippen LogP contribution in [0, 0.1) is 6.92 Å². The molecule has 0 aliphatic rings. The minimum Gasteiger partial charge on any atom is -0.423 e. The number of benzene rings is 3. The number of hydrogen-bond donors (Lipinski definition) is 0. The van der Waals surface area contributed by atoms with Gasteiger partial charge in [0.2, 0.25) is 10.0 Å². The second kappa shape index (κ2) is 10.4. The summed E-state index contributed by atoms with van der Waals surface area (Å²) in [5.41, 5.74) is 1.50. The summed E-state index contributed by atoms with van der Waals surface area (Å²) >= 11 is 0. The van der Waals surface area contributed by atoms with Gasteiger partial charge in [-0.15, -0.1) is 0 Å². The minimum atomic E-state index is -4.58. The summed E-state index contributed by atoms with van der Waals surface area (Å²) < 4.78 is 72.9. The van der Waals surface area contributed by atoms with Gasteiger partial charge < -0.3 is 4.74 Å². The maximum atomic E-state index is 13.7. The molecule has 0 N–H and O–H groups in total. The average molecular weight is 557 g/mol. The zero-order valence-corrected chi connectivity index (χ0v) is 22.8. The SMILES string of the molecule is Cc1ccc(S(=O)(=O)N(C)C)cc1OC(=O)c1cccc(-c2c(C(C)C)cnc3c(C(F)(F)F)cccc23)c1. The molecule has 39 heavy (non-hydrogen) atoms. The second-order valence-electron chi connectivity index (χ2n) is 9.63. The molecule has 0 radical (unpaired) electrons. The highest BCUT2D eigenvalue weighted by Gasteiger charge is 2.34. The Morgan fingerprint density at radius 2 is 1.69 bits per heavy atom. The maximum absolute atomic E-state index is 13.7. The van der Waals surface area contributed by atoms with E-state index in [4.69, 9.17) is 4.74 Å². The van der Waals surface area contributed by atoms with Crippen LogP contribution in [-0.2, 0) is 16.2 Å². The lowest BCUT2D eigenvalue weighted by atomic mass is 9.89. The lowest BCUT2D eigenvalue weighted by Gasteiger charge is -2.18. The van der Waals surface area contributed by atoms with Crippen LogP contribution >= 0.6 is 0 Å². The summed E-state index contributed by atoms with van der Waals surface area (Å²) in [4.78, 5) is 17.3. The Labute approximate surface area is 225 Å². The molecule has 0 atom stereocenters. The fraction of sp³-hybridized carbons (Fsp3) is 0.241. The molecular formula is C29H27F3N2O4S. The standard InChI is InChI=1S/C29H27F3N2O4S/c1-17(2)23-16-33-27-22(10-7-11-24(27)29(30,31)32)26(23)19-8-6-9-20(14-19)28(35)38-25-15-21(13-12-18(25)3)39(36,37)34(4)5/h6-17H,1-5H3. The summed E-state index contributed by atoms with van der Waals surface area (Å²) in [6, 6.07) is 14.6. The van der Waals surface area contributed by atoms with E-state index in [2.05, 4.69) is 4.98 Å². The predicted molar refractivity (Wildman–Crippen MR) is 143 cm³/mol. The van der Waals surface area contributed by atoms with E-state index in [9.17, 15) is 26.4 Å². The molecule has 0 fully saturated rings. The van der Waals surface area contributed by atoms with Gasteiger partial charge >= 0.3 is 12.1 Å². The monoisotopic (exact) mass is 556 g/mol. The Bertz CT molecular complexity index is 1680. The van der Waals surface area contributed by atoms with Crippen LogP contribution in [-0.4, -0.2) is 37.8 Å². The van der Waals surface area contributed by atoms with Crippen molar-refractivity contribution in [3.63, 3.8) is 0 Å². The van der Waals surface area contributed by atoms with Crippen molar-refractivity contribution >= 4 is 26.9 Å². The normalized spacial score (nSPS) is 12.4. The van der Waals surface area contributed by atoms with Crippen LogP contribution in [0.2, 0.25) is 0 Å². The number of para-hydroxylation sites is 1. The molecule has 0 aliphatic heterocycles. The van der Waals surface area contributed by atoms with Gasteiger partial charge in [-0.3, -0.25) is 4.98 Å². The van der Waals surface area contributed by atoms with Crippen molar-refractivity contribution in [2.45, 2.75) is 37.8 Å². The number of pyridine rings is 1. The maximum Gasteiger partial charge on any atom is 0.418 e. The highest BCUT2D eigenvalue weighted by atomic mass is 32.2. The van der Waals surface area contributed by atoms with Crippen LogP contribution in [0.3, 0.4) is 0 Å². The highest BCUT2D eigenvalue weighted by Crippen LogP contribution is 2.40. The molecule has 0 saturated heterocycles. The van der Waals surface area contributed by atoms with Crippen molar-refractivity contribution in [2.24, 2.45) is 0 Å². The summed E-state index contributed by atoms with van der Waals surface area (Å²) in [5, 5.41) is 0.319. The Kier molecular flexibility index (Phi) is 7.55. The molecule has 1 aromatic heterocycles. The molecule has 4 rings (SSSR count). The molecular weight excluding hydrogens is 529 g/mol. The first-order valence-electron chi connectivity index (χ1n) is 12.1. The van der Waals surface area contributed by atoms with Gasteiger partial charge in [0.1, 0.15) is 5.75 Å². The fourth-order valence-corrected chi connectivity index (χ4v) is 5.17. The number of carbonyl (C=O) groups is 1. The van der Waals surface area contributed by atoms with E-state index in [0.29, 0.717) is 22.1 Å². The van der Waals surface area contributed by atoms with Crippen molar-refractivity contribution in [3.05, 3.63) is 89.1 Å². The Balaban J connectivity index is 1.80. The Morgan fingerprint density at radius 1 is 1.00 bits per heavy atom. The van der Waals surface area contributed by atoms with Crippen LogP contribution in [0.5, 0.6) is 5.75 Å². The van der Waals surface area contributed by atoms with Gasteiger partial charge in [-0.1, -0.05) is 44.2 Å². The molecule has 6 nitrogen and oxygen atoms in total. The summed E-state index contributed by atoms with van der Waals surface area (Å²) in [5.74, 6) is -0.716. The third-order valence-electron chi connectivity index (χ3n) is 6.38. The molecule has 0 saturated carbocycles. The van der Waals surface area contributed by atoms with Crippen LogP contribution < -0.4 is 4.74 Å². The van der Waals surface area contributed by atoms with E-state index in [-0.39, 0.29) is 27.6 Å². The van der Waals surface area contributed by atoms with Gasteiger partial charge in [0.15, 0.2) is 0 Å².